The minimum atomic E-state index is -1.08. The fourth-order valence-corrected chi connectivity index (χ4v) is 1.56. The van der Waals surface area contributed by atoms with Crippen LogP contribution >= 0.6 is 0 Å². The molecule has 8 nitrogen and oxygen atoms in total. The van der Waals surface area contributed by atoms with Crippen LogP contribution in [0.25, 0.3) is 0 Å². The zero-order chi connectivity index (χ0) is 17.2. The molecular weight excluding hydrogens is 302 g/mol. The Morgan fingerprint density at radius 3 is 2.35 bits per heavy atom. The first-order valence-corrected chi connectivity index (χ1v) is 6.64. The predicted octanol–water partition coefficient (Wildman–Crippen LogP) is 1.19. The minimum absolute atomic E-state index is 0.00908. The van der Waals surface area contributed by atoms with Crippen LogP contribution in [0.4, 0.5) is 5.69 Å². The number of benzene rings is 1. The Kier molecular flexibility index (Phi) is 6.81. The Morgan fingerprint density at radius 2 is 1.83 bits per heavy atom. The summed E-state index contributed by atoms with van der Waals surface area (Å²) in [5.74, 6) is -2.65. The highest BCUT2D eigenvalue weighted by molar-refractivity contribution is 6.06. The Bertz CT molecular complexity index is 659. The standard InChI is InChI=1S/C15H15N3O5/c16-8-11(9-17-7-1-2-13(19)20)14(21)18-12-5-3-10(4-6-12)15(22)23/h3-6,9,17H,1-2,7H2,(H,18,21)(H,19,20)(H,22,23)/b11-9-. The van der Waals surface area contributed by atoms with Crippen LogP contribution in [-0.4, -0.2) is 34.6 Å². The molecule has 0 aliphatic heterocycles. The van der Waals surface area contributed by atoms with Crippen molar-refractivity contribution < 1.29 is 24.6 Å². The van der Waals surface area contributed by atoms with E-state index in [0.717, 1.165) is 0 Å². The number of nitrogens with one attached hydrogen (secondary N) is 2. The Morgan fingerprint density at radius 1 is 1.17 bits per heavy atom. The maximum absolute atomic E-state index is 11.9. The van der Waals surface area contributed by atoms with Crippen molar-refractivity contribution in [2.24, 2.45) is 0 Å². The molecule has 4 N–H and O–H groups in total. The van der Waals surface area contributed by atoms with Crippen LogP contribution in [0.3, 0.4) is 0 Å². The van der Waals surface area contributed by atoms with Crippen molar-refractivity contribution in [2.45, 2.75) is 12.8 Å². The van der Waals surface area contributed by atoms with E-state index >= 15 is 0 Å². The minimum Gasteiger partial charge on any atom is -0.481 e. The lowest BCUT2D eigenvalue weighted by Crippen LogP contribution is -2.17. The van der Waals surface area contributed by atoms with Crippen LogP contribution in [-0.2, 0) is 9.59 Å². The number of hydrogen-bond donors (Lipinski definition) is 4. The largest absolute Gasteiger partial charge is 0.481 e. The lowest BCUT2D eigenvalue weighted by atomic mass is 10.2. The monoisotopic (exact) mass is 317 g/mol. The van der Waals surface area contributed by atoms with E-state index < -0.39 is 17.8 Å². The summed E-state index contributed by atoms with van der Waals surface area (Å²) >= 11 is 0. The van der Waals surface area contributed by atoms with Crippen molar-refractivity contribution in [3.8, 4) is 6.07 Å². The number of nitrogens with zero attached hydrogens (tertiary/aromatic N) is 1. The molecular formula is C15H15N3O5. The lowest BCUT2D eigenvalue weighted by Gasteiger charge is -2.05. The Balaban J connectivity index is 2.57. The summed E-state index contributed by atoms with van der Waals surface area (Å²) in [4.78, 5) is 32.9. The lowest BCUT2D eigenvalue weighted by molar-refractivity contribution is -0.137. The van der Waals surface area contributed by atoms with E-state index in [4.69, 9.17) is 15.5 Å². The molecule has 0 heterocycles. The van der Waals surface area contributed by atoms with Crippen molar-refractivity contribution in [2.75, 3.05) is 11.9 Å². The van der Waals surface area contributed by atoms with E-state index in [2.05, 4.69) is 10.6 Å². The average Bonchev–Trinajstić information content (AvgIpc) is 2.51. The number of carboxylic acids is 2. The molecule has 1 rings (SSSR count). The number of carbonyl (C=O) groups is 3. The zero-order valence-corrected chi connectivity index (χ0v) is 12.1. The van der Waals surface area contributed by atoms with Crippen molar-refractivity contribution >= 4 is 23.5 Å². The third-order valence-electron chi connectivity index (χ3n) is 2.71. The van der Waals surface area contributed by atoms with Gasteiger partial charge in [0.1, 0.15) is 11.6 Å². The highest BCUT2D eigenvalue weighted by Gasteiger charge is 2.10. The zero-order valence-electron chi connectivity index (χ0n) is 12.1. The molecule has 1 amide bonds. The van der Waals surface area contributed by atoms with E-state index in [9.17, 15) is 14.4 Å². The van der Waals surface area contributed by atoms with E-state index in [-0.39, 0.29) is 17.6 Å². The van der Waals surface area contributed by atoms with Crippen molar-refractivity contribution in [3.05, 3.63) is 41.6 Å². The fourth-order valence-electron chi connectivity index (χ4n) is 1.56. The van der Waals surface area contributed by atoms with E-state index in [1.165, 1.54) is 30.5 Å². The summed E-state index contributed by atoms with van der Waals surface area (Å²) in [6, 6.07) is 7.22. The molecule has 0 radical (unpaired) electrons. The number of carbonyl (C=O) groups excluding carboxylic acids is 1. The quantitative estimate of drug-likeness (QED) is 0.321. The molecule has 1 aromatic rings. The van der Waals surface area contributed by atoms with Crippen LogP contribution in [0.15, 0.2) is 36.0 Å². The third-order valence-corrected chi connectivity index (χ3v) is 2.71. The molecule has 0 spiro atoms. The van der Waals surface area contributed by atoms with Gasteiger partial charge in [0.25, 0.3) is 5.91 Å². The summed E-state index contributed by atoms with van der Waals surface area (Å²) in [6.45, 7) is 0.318. The Labute approximate surface area is 132 Å². The summed E-state index contributed by atoms with van der Waals surface area (Å²) < 4.78 is 0. The number of hydrogen-bond acceptors (Lipinski definition) is 5. The molecule has 8 heteroatoms. The van der Waals surface area contributed by atoms with Gasteiger partial charge in [-0.2, -0.15) is 5.26 Å². The highest BCUT2D eigenvalue weighted by atomic mass is 16.4. The smallest absolute Gasteiger partial charge is 0.335 e. The number of aliphatic carboxylic acids is 1. The van der Waals surface area contributed by atoms with Crippen LogP contribution in [0.5, 0.6) is 0 Å². The number of nitriles is 1. The molecule has 0 fully saturated rings. The number of carboxylic acid groups (broad SMARTS) is 2. The molecule has 23 heavy (non-hydrogen) atoms. The van der Waals surface area contributed by atoms with Gasteiger partial charge in [0.05, 0.1) is 5.56 Å². The van der Waals surface area contributed by atoms with Crippen molar-refractivity contribution in [3.63, 3.8) is 0 Å². The molecule has 120 valence electrons. The molecule has 0 aliphatic carbocycles. The van der Waals surface area contributed by atoms with Crippen LogP contribution < -0.4 is 10.6 Å². The topological polar surface area (TPSA) is 140 Å². The van der Waals surface area contributed by atoms with Gasteiger partial charge in [0.2, 0.25) is 0 Å². The first kappa shape index (κ1) is 17.7. The number of aromatic carboxylic acids is 1. The molecule has 0 atom stereocenters. The second-order valence-electron chi connectivity index (χ2n) is 4.46. The third kappa shape index (κ3) is 6.31. The van der Waals surface area contributed by atoms with Crippen LogP contribution in [0.1, 0.15) is 23.2 Å². The van der Waals surface area contributed by atoms with Crippen LogP contribution in [0.2, 0.25) is 0 Å². The highest BCUT2D eigenvalue weighted by Crippen LogP contribution is 2.10. The molecule has 0 aliphatic rings. The van der Waals surface area contributed by atoms with Gasteiger partial charge >= 0.3 is 11.9 Å². The molecule has 0 bridgehead atoms. The molecule has 0 unspecified atom stereocenters. The van der Waals surface area contributed by atoms with Gasteiger partial charge < -0.3 is 20.8 Å². The molecule has 0 saturated heterocycles. The molecule has 1 aromatic carbocycles. The van der Waals surface area contributed by atoms with Gasteiger partial charge in [-0.1, -0.05) is 0 Å². The van der Waals surface area contributed by atoms with Crippen LogP contribution in [0, 0.1) is 11.3 Å². The first-order chi connectivity index (χ1) is 10.9. The van der Waals surface area contributed by atoms with E-state index in [1.807, 2.05) is 0 Å². The van der Waals surface area contributed by atoms with Gasteiger partial charge in [-0.25, -0.2) is 4.79 Å². The summed E-state index contributed by atoms with van der Waals surface area (Å²) in [7, 11) is 0. The van der Waals surface area contributed by atoms with Gasteiger partial charge in [0.15, 0.2) is 0 Å². The second kappa shape index (κ2) is 8.84. The molecule has 0 aromatic heterocycles. The van der Waals surface area contributed by atoms with Crippen molar-refractivity contribution in [1.82, 2.24) is 5.32 Å². The summed E-state index contributed by atoms with van der Waals surface area (Å²) in [5.41, 5.74) is 0.258. The van der Waals surface area contributed by atoms with E-state index in [1.54, 1.807) is 6.07 Å². The number of amides is 1. The predicted molar refractivity (Wildman–Crippen MR) is 80.6 cm³/mol. The maximum atomic E-state index is 11.9. The average molecular weight is 317 g/mol. The molecule has 0 saturated carbocycles. The van der Waals surface area contributed by atoms with Gasteiger partial charge in [-0.05, 0) is 30.7 Å². The van der Waals surface area contributed by atoms with Gasteiger partial charge in [0, 0.05) is 24.9 Å². The second-order valence-corrected chi connectivity index (χ2v) is 4.46. The SMILES string of the molecule is N#C/C(=C/NCCCC(=O)O)C(=O)Nc1ccc(C(=O)O)cc1. The van der Waals surface area contributed by atoms with Gasteiger partial charge in [-0.3, -0.25) is 9.59 Å². The number of rotatable bonds is 8. The van der Waals surface area contributed by atoms with Crippen molar-refractivity contribution in [1.29, 1.82) is 5.26 Å². The van der Waals surface area contributed by atoms with Gasteiger partial charge in [-0.15, -0.1) is 0 Å². The maximum Gasteiger partial charge on any atom is 0.335 e. The normalized spacial score (nSPS) is 10.5. The Hall–Kier alpha value is -3.34. The summed E-state index contributed by atoms with van der Waals surface area (Å²) in [6.07, 6.45) is 1.57. The summed E-state index contributed by atoms with van der Waals surface area (Å²) in [5, 5.41) is 31.4. The number of anilines is 1. The fraction of sp³-hybridized carbons (Fsp3) is 0.200. The first-order valence-electron chi connectivity index (χ1n) is 6.64. The van der Waals surface area contributed by atoms with E-state index in [0.29, 0.717) is 18.7 Å².